The van der Waals surface area contributed by atoms with Gasteiger partial charge in [0.25, 0.3) is 0 Å². The molecule has 2 unspecified atom stereocenters. The molecule has 0 amide bonds. The van der Waals surface area contributed by atoms with E-state index in [-0.39, 0.29) is 0 Å². The fraction of sp³-hybridized carbons (Fsp3) is 0.833. The molecule has 2 N–H and O–H groups in total. The van der Waals surface area contributed by atoms with Gasteiger partial charge in [-0.25, -0.2) is 0 Å². The number of aliphatic imine (C=N–C) groups is 1. The maximum Gasteiger partial charge on any atom is 0.0904 e. The molecule has 0 saturated carbocycles. The predicted molar refractivity (Wildman–Crippen MR) is 38.6 cm³/mol. The molecule has 0 spiro atoms. The van der Waals surface area contributed by atoms with Crippen LogP contribution in [0, 0.1) is 0 Å². The van der Waals surface area contributed by atoms with E-state index in [2.05, 4.69) is 29.5 Å². The first kappa shape index (κ1) is 6.55. The standard InChI is InChI=1S/C6H13N3/c1-5-6(2)9-4-7-3-8-5/h3,5-6,9H,4H2,1-2H3,(H,7,8). The summed E-state index contributed by atoms with van der Waals surface area (Å²) in [7, 11) is 0. The van der Waals surface area contributed by atoms with Gasteiger partial charge in [0.1, 0.15) is 0 Å². The molecule has 1 aliphatic rings. The third kappa shape index (κ3) is 1.68. The van der Waals surface area contributed by atoms with E-state index in [9.17, 15) is 0 Å². The minimum absolute atomic E-state index is 0.483. The third-order valence-corrected chi connectivity index (χ3v) is 1.68. The summed E-state index contributed by atoms with van der Waals surface area (Å²) >= 11 is 0. The summed E-state index contributed by atoms with van der Waals surface area (Å²) in [6.45, 7) is 5.01. The van der Waals surface area contributed by atoms with Gasteiger partial charge in [-0.15, -0.1) is 0 Å². The van der Waals surface area contributed by atoms with Crippen LogP contribution in [-0.2, 0) is 0 Å². The van der Waals surface area contributed by atoms with Crippen molar-refractivity contribution >= 4 is 6.34 Å². The van der Waals surface area contributed by atoms with E-state index in [0.717, 1.165) is 6.67 Å². The first-order valence-electron chi connectivity index (χ1n) is 3.28. The Hall–Kier alpha value is -0.570. The maximum atomic E-state index is 4.02. The van der Waals surface area contributed by atoms with Gasteiger partial charge in [0.15, 0.2) is 0 Å². The average molecular weight is 127 g/mol. The van der Waals surface area contributed by atoms with Gasteiger partial charge in [-0.05, 0) is 13.8 Å². The molecule has 0 bridgehead atoms. The Kier molecular flexibility index (Phi) is 2.05. The van der Waals surface area contributed by atoms with Gasteiger partial charge in [-0.2, -0.15) is 0 Å². The average Bonchev–Trinajstić information content (AvgIpc) is 1.99. The summed E-state index contributed by atoms with van der Waals surface area (Å²) in [5.74, 6) is 0. The van der Waals surface area contributed by atoms with Gasteiger partial charge in [0.05, 0.1) is 13.0 Å². The highest BCUT2D eigenvalue weighted by atomic mass is 15.1. The molecule has 1 rings (SSSR count). The highest BCUT2D eigenvalue weighted by Gasteiger charge is 2.10. The molecule has 2 atom stereocenters. The van der Waals surface area contributed by atoms with Crippen LogP contribution in [0.3, 0.4) is 0 Å². The molecule has 0 aliphatic carbocycles. The zero-order chi connectivity index (χ0) is 6.69. The van der Waals surface area contributed by atoms with Crippen molar-refractivity contribution in [1.82, 2.24) is 10.6 Å². The smallest absolute Gasteiger partial charge is 0.0904 e. The van der Waals surface area contributed by atoms with Crippen LogP contribution < -0.4 is 10.6 Å². The highest BCUT2D eigenvalue weighted by molar-refractivity contribution is 5.55. The van der Waals surface area contributed by atoms with Crippen LogP contribution in [-0.4, -0.2) is 25.1 Å². The van der Waals surface area contributed by atoms with Crippen LogP contribution >= 0.6 is 0 Å². The third-order valence-electron chi connectivity index (χ3n) is 1.68. The SMILES string of the molecule is CC1NC=NCNC1C. The summed E-state index contributed by atoms with van der Waals surface area (Å²) < 4.78 is 0. The second kappa shape index (κ2) is 2.82. The molecule has 0 aromatic carbocycles. The summed E-state index contributed by atoms with van der Waals surface area (Å²) in [6.07, 6.45) is 1.77. The molecule has 3 nitrogen and oxygen atoms in total. The molecule has 9 heavy (non-hydrogen) atoms. The summed E-state index contributed by atoms with van der Waals surface area (Å²) in [5, 5.41) is 6.37. The minimum Gasteiger partial charge on any atom is -0.372 e. The van der Waals surface area contributed by atoms with E-state index in [1.807, 2.05) is 0 Å². The van der Waals surface area contributed by atoms with Crippen molar-refractivity contribution in [2.24, 2.45) is 4.99 Å². The van der Waals surface area contributed by atoms with Crippen LogP contribution in [0.15, 0.2) is 4.99 Å². The summed E-state index contributed by atoms with van der Waals surface area (Å²) in [5.41, 5.74) is 0. The van der Waals surface area contributed by atoms with Gasteiger partial charge in [0, 0.05) is 12.1 Å². The van der Waals surface area contributed by atoms with E-state index >= 15 is 0 Å². The lowest BCUT2D eigenvalue weighted by molar-refractivity contribution is 0.475. The highest BCUT2D eigenvalue weighted by Crippen LogP contribution is 1.91. The summed E-state index contributed by atoms with van der Waals surface area (Å²) in [6, 6.07) is 0.990. The van der Waals surface area contributed by atoms with Gasteiger partial charge in [-0.1, -0.05) is 0 Å². The van der Waals surface area contributed by atoms with Crippen molar-refractivity contribution in [3.63, 3.8) is 0 Å². The quantitative estimate of drug-likeness (QED) is 0.478. The lowest BCUT2D eigenvalue weighted by Crippen LogP contribution is -2.41. The Bertz CT molecular complexity index is 111. The van der Waals surface area contributed by atoms with Crippen LogP contribution in [0.5, 0.6) is 0 Å². The van der Waals surface area contributed by atoms with Crippen molar-refractivity contribution < 1.29 is 0 Å². The van der Waals surface area contributed by atoms with Crippen LogP contribution in [0.2, 0.25) is 0 Å². The second-order valence-electron chi connectivity index (χ2n) is 2.42. The second-order valence-corrected chi connectivity index (χ2v) is 2.42. The fourth-order valence-electron chi connectivity index (χ4n) is 0.734. The van der Waals surface area contributed by atoms with Gasteiger partial charge >= 0.3 is 0 Å². The molecule has 52 valence electrons. The fourth-order valence-corrected chi connectivity index (χ4v) is 0.734. The molecule has 1 aliphatic heterocycles. The van der Waals surface area contributed by atoms with Crippen LogP contribution in [0.1, 0.15) is 13.8 Å². The number of nitrogens with zero attached hydrogens (tertiary/aromatic N) is 1. The van der Waals surface area contributed by atoms with Crippen molar-refractivity contribution in [2.75, 3.05) is 6.67 Å². The summed E-state index contributed by atoms with van der Waals surface area (Å²) in [4.78, 5) is 4.02. The Morgan fingerprint density at radius 1 is 1.44 bits per heavy atom. The zero-order valence-corrected chi connectivity index (χ0v) is 5.89. The molecule has 1 heterocycles. The monoisotopic (exact) mass is 127 g/mol. The van der Waals surface area contributed by atoms with Crippen LogP contribution in [0.25, 0.3) is 0 Å². The van der Waals surface area contributed by atoms with Crippen molar-refractivity contribution in [3.8, 4) is 0 Å². The lowest BCUT2D eigenvalue weighted by Gasteiger charge is -2.16. The number of rotatable bonds is 0. The van der Waals surface area contributed by atoms with E-state index in [1.165, 1.54) is 0 Å². The first-order chi connectivity index (χ1) is 4.30. The minimum atomic E-state index is 0.483. The topological polar surface area (TPSA) is 36.4 Å². The Morgan fingerprint density at radius 2 is 2.22 bits per heavy atom. The van der Waals surface area contributed by atoms with Crippen molar-refractivity contribution in [2.45, 2.75) is 25.9 Å². The zero-order valence-electron chi connectivity index (χ0n) is 5.89. The predicted octanol–water partition coefficient (Wildman–Crippen LogP) is -0.0580. The molecule has 0 aromatic heterocycles. The number of nitrogens with one attached hydrogen (secondary N) is 2. The van der Waals surface area contributed by atoms with E-state index in [1.54, 1.807) is 6.34 Å². The Morgan fingerprint density at radius 3 is 3.00 bits per heavy atom. The molecule has 0 radical (unpaired) electrons. The maximum absolute atomic E-state index is 4.02. The van der Waals surface area contributed by atoms with Crippen molar-refractivity contribution in [1.29, 1.82) is 0 Å². The Labute approximate surface area is 55.6 Å². The number of hydrogen-bond acceptors (Lipinski definition) is 3. The van der Waals surface area contributed by atoms with Gasteiger partial charge in [-0.3, -0.25) is 10.3 Å². The first-order valence-corrected chi connectivity index (χ1v) is 3.28. The number of hydrogen-bond donors (Lipinski definition) is 2. The van der Waals surface area contributed by atoms with Gasteiger partial charge in [0.2, 0.25) is 0 Å². The van der Waals surface area contributed by atoms with E-state index in [4.69, 9.17) is 0 Å². The van der Waals surface area contributed by atoms with Gasteiger partial charge < -0.3 is 5.32 Å². The van der Waals surface area contributed by atoms with E-state index in [0.29, 0.717) is 12.1 Å². The molecular formula is C6H13N3. The molecule has 0 aromatic rings. The lowest BCUT2D eigenvalue weighted by atomic mass is 10.2. The molecule has 0 fully saturated rings. The molecule has 0 saturated heterocycles. The van der Waals surface area contributed by atoms with Crippen molar-refractivity contribution in [3.05, 3.63) is 0 Å². The van der Waals surface area contributed by atoms with Crippen LogP contribution in [0.4, 0.5) is 0 Å². The normalized spacial score (nSPS) is 35.3. The van der Waals surface area contributed by atoms with E-state index < -0.39 is 0 Å². The largest absolute Gasteiger partial charge is 0.372 e. The molecular weight excluding hydrogens is 114 g/mol. The molecule has 3 heteroatoms. The Balaban J connectivity index is 2.42.